The van der Waals surface area contributed by atoms with Gasteiger partial charge in [-0.05, 0) is 30.2 Å². The third-order valence-corrected chi connectivity index (χ3v) is 5.59. The Kier molecular flexibility index (Phi) is 7.17. The summed E-state index contributed by atoms with van der Waals surface area (Å²) in [7, 11) is -4.60. The number of likely N-dealkylation sites (tertiary alicyclic amines) is 1. The third kappa shape index (κ3) is 4.26. The Morgan fingerprint density at radius 2 is 1.93 bits per heavy atom. The molecule has 2 atom stereocenters. The van der Waals surface area contributed by atoms with E-state index in [1.54, 1.807) is 18.2 Å². The van der Waals surface area contributed by atoms with Crippen LogP contribution in [0.4, 0.5) is 0 Å². The average Bonchev–Trinajstić information content (AvgIpc) is 2.96. The predicted molar refractivity (Wildman–Crippen MR) is 104 cm³/mol. The summed E-state index contributed by atoms with van der Waals surface area (Å²) in [5.41, 5.74) is 0.617. The van der Waals surface area contributed by atoms with Gasteiger partial charge in [-0.3, -0.25) is 14.1 Å². The van der Waals surface area contributed by atoms with Crippen LogP contribution in [0.1, 0.15) is 12.0 Å². The average molecular weight is 442 g/mol. The molecule has 2 fully saturated rings. The van der Waals surface area contributed by atoms with E-state index in [2.05, 4.69) is 25.8 Å². The van der Waals surface area contributed by atoms with E-state index in [9.17, 15) is 18.0 Å². The van der Waals surface area contributed by atoms with Gasteiger partial charge in [-0.15, -0.1) is 0 Å². The van der Waals surface area contributed by atoms with Gasteiger partial charge in [-0.25, -0.2) is 4.31 Å². The summed E-state index contributed by atoms with van der Waals surface area (Å²) in [6.07, 6.45) is 3.06. The van der Waals surface area contributed by atoms with Crippen molar-refractivity contribution in [1.29, 1.82) is 0 Å². The van der Waals surface area contributed by atoms with E-state index in [1.165, 1.54) is 17.1 Å². The molecule has 2 aliphatic rings. The molecule has 0 aromatic heterocycles. The number of nitrogens with zero attached hydrogens (tertiary/aromatic N) is 2. The van der Waals surface area contributed by atoms with Crippen LogP contribution < -0.4 is 8.37 Å². The molecular formula is C14H15N2NaO7S3. The van der Waals surface area contributed by atoms with Crippen molar-refractivity contribution in [2.45, 2.75) is 18.5 Å². The number of benzene rings is 1. The molecule has 0 spiro atoms. The number of hydrogen-bond acceptors (Lipinski definition) is 8. The number of rotatable bonds is 5. The Bertz CT molecular complexity index is 893. The van der Waals surface area contributed by atoms with Crippen molar-refractivity contribution in [2.75, 3.05) is 6.54 Å². The summed E-state index contributed by atoms with van der Waals surface area (Å²) in [5.74, 6) is -0.599. The molecule has 0 radical (unpaired) electrons. The van der Waals surface area contributed by atoms with Gasteiger partial charge < -0.3 is 13.3 Å². The molecule has 2 amide bonds. The molecule has 0 unspecified atom stereocenters. The van der Waals surface area contributed by atoms with Gasteiger partial charge in [0.05, 0.1) is 6.04 Å². The molecule has 3 rings (SSSR count). The fraction of sp³-hybridized carbons (Fsp3) is 0.286. The van der Waals surface area contributed by atoms with Crippen molar-refractivity contribution in [2.24, 2.45) is 0 Å². The molecule has 1 N–H and O–H groups in total. The summed E-state index contributed by atoms with van der Waals surface area (Å²) in [6.45, 7) is 0.216. The second-order valence-electron chi connectivity index (χ2n) is 5.67. The molecule has 0 bridgehead atoms. The van der Waals surface area contributed by atoms with Gasteiger partial charge in [0.2, 0.25) is 5.91 Å². The fourth-order valence-electron chi connectivity index (χ4n) is 3.10. The van der Waals surface area contributed by atoms with Crippen molar-refractivity contribution in [3.63, 3.8) is 0 Å². The van der Waals surface area contributed by atoms with Crippen molar-refractivity contribution in [3.8, 4) is 11.5 Å². The third-order valence-electron chi connectivity index (χ3n) is 4.25. The van der Waals surface area contributed by atoms with Crippen LogP contribution in [0, 0.1) is 0 Å². The van der Waals surface area contributed by atoms with Crippen molar-refractivity contribution in [1.82, 2.24) is 9.21 Å². The minimum absolute atomic E-state index is 0. The zero-order chi connectivity index (χ0) is 19.1. The number of hydrogen-bond donors (Lipinski definition) is 3. The molecule has 27 heavy (non-hydrogen) atoms. The summed E-state index contributed by atoms with van der Waals surface area (Å²) in [4.78, 5) is 25.6. The second kappa shape index (κ2) is 8.64. The zero-order valence-corrected chi connectivity index (χ0v) is 15.7. The normalized spacial score (nSPS) is 21.5. The molecule has 2 saturated heterocycles. The summed E-state index contributed by atoms with van der Waals surface area (Å²) in [5, 5.41) is 0. The van der Waals surface area contributed by atoms with E-state index in [1.807, 2.05) is 0 Å². The Morgan fingerprint density at radius 3 is 2.52 bits per heavy atom. The Labute approximate surface area is 189 Å². The first-order chi connectivity index (χ1) is 12.3. The standard InChI is InChI=1S/C14H14N2O7S3.Na.H/c17-12(4-2-8-1-3-10(22-24)11(7-8)23-25)15-6-5-9-13(15)14(18)16(9)26(19,20)21;;/h1-4,7,9,13,24-25H,5-6H2,(H,19,20,21);;/b4-2+;;/t9-,13+;;/m1../s1. The predicted octanol–water partition coefficient (Wildman–Crippen LogP) is 0.113. The van der Waals surface area contributed by atoms with E-state index < -0.39 is 34.2 Å². The molecule has 1 aromatic rings. The molecule has 0 aliphatic carbocycles. The molecular weight excluding hydrogens is 427 g/mol. The monoisotopic (exact) mass is 442 g/mol. The number of fused-ring (bicyclic) bond motifs is 1. The van der Waals surface area contributed by atoms with Gasteiger partial charge in [0, 0.05) is 38.4 Å². The van der Waals surface area contributed by atoms with Crippen molar-refractivity contribution in [3.05, 3.63) is 29.8 Å². The van der Waals surface area contributed by atoms with Crippen molar-refractivity contribution >= 4 is 83.6 Å². The van der Waals surface area contributed by atoms with Crippen LogP contribution in [0.3, 0.4) is 0 Å². The van der Waals surface area contributed by atoms with Crippen LogP contribution in [-0.2, 0) is 19.9 Å². The first-order valence-electron chi connectivity index (χ1n) is 7.34. The number of β-lactam (4-membered cyclic amide) rings is 1. The quantitative estimate of drug-likeness (QED) is 0.148. The molecule has 13 heteroatoms. The van der Waals surface area contributed by atoms with Crippen LogP contribution >= 0.6 is 25.8 Å². The number of carbonyl (C=O) groups is 2. The minimum atomic E-state index is -4.60. The van der Waals surface area contributed by atoms with E-state index in [0.717, 1.165) is 0 Å². The SMILES string of the molecule is O=C(/C=C/c1ccc(OS)c(OS)c1)N1CC[C@@H]2[C@H]1C(=O)N2S(=O)(=O)O.[NaH]. The molecule has 2 aliphatic heterocycles. The van der Waals surface area contributed by atoms with Crippen LogP contribution in [0.15, 0.2) is 24.3 Å². The van der Waals surface area contributed by atoms with E-state index >= 15 is 0 Å². The summed E-state index contributed by atoms with van der Waals surface area (Å²) in [6, 6.07) is 3.22. The van der Waals surface area contributed by atoms with Crippen LogP contribution in [0.2, 0.25) is 0 Å². The van der Waals surface area contributed by atoms with Gasteiger partial charge in [0.1, 0.15) is 6.04 Å². The topological polar surface area (TPSA) is 113 Å². The second-order valence-corrected chi connectivity index (χ2v) is 7.32. The van der Waals surface area contributed by atoms with Crippen molar-refractivity contribution < 1.29 is 30.9 Å². The van der Waals surface area contributed by atoms with Gasteiger partial charge in [0.25, 0.3) is 5.91 Å². The first kappa shape index (κ1) is 22.4. The molecule has 142 valence electrons. The zero-order valence-electron chi connectivity index (χ0n) is 13.0. The van der Waals surface area contributed by atoms with Gasteiger partial charge >= 0.3 is 39.9 Å². The maximum atomic E-state index is 12.4. The summed E-state index contributed by atoms with van der Waals surface area (Å²) < 4.78 is 41.5. The molecule has 2 heterocycles. The Morgan fingerprint density at radius 1 is 1.26 bits per heavy atom. The van der Waals surface area contributed by atoms with Crippen LogP contribution in [0.25, 0.3) is 6.08 Å². The molecule has 9 nitrogen and oxygen atoms in total. The number of amides is 2. The Balaban J connectivity index is 0.00000261. The fourth-order valence-corrected chi connectivity index (χ4v) is 4.29. The number of thiol groups is 2. The van der Waals surface area contributed by atoms with E-state index in [-0.39, 0.29) is 42.5 Å². The molecule has 1 aromatic carbocycles. The number of carbonyl (C=O) groups excluding carboxylic acids is 2. The molecule has 0 saturated carbocycles. The van der Waals surface area contributed by atoms with Crippen LogP contribution in [-0.4, -0.2) is 82.2 Å². The first-order valence-corrected chi connectivity index (χ1v) is 9.47. The maximum absolute atomic E-state index is 12.4. The Hall–Kier alpha value is -0.890. The van der Waals surface area contributed by atoms with E-state index in [4.69, 9.17) is 12.9 Å². The van der Waals surface area contributed by atoms with Gasteiger partial charge in [0.15, 0.2) is 11.5 Å². The summed E-state index contributed by atoms with van der Waals surface area (Å²) >= 11 is 7.39. The van der Waals surface area contributed by atoms with Gasteiger partial charge in [-0.2, -0.15) is 8.42 Å². The van der Waals surface area contributed by atoms with Gasteiger partial charge in [-0.1, -0.05) is 6.07 Å². The van der Waals surface area contributed by atoms with Crippen LogP contribution in [0.5, 0.6) is 11.5 Å². The van der Waals surface area contributed by atoms with E-state index in [0.29, 0.717) is 21.4 Å².